The molecule has 132 valence electrons. The van der Waals surface area contributed by atoms with Crippen LogP contribution in [0.4, 0.5) is 0 Å². The van der Waals surface area contributed by atoms with Crippen molar-refractivity contribution in [2.75, 3.05) is 7.11 Å². The molecule has 6 nitrogen and oxygen atoms in total. The molecule has 0 amide bonds. The summed E-state index contributed by atoms with van der Waals surface area (Å²) >= 11 is 0. The van der Waals surface area contributed by atoms with Crippen molar-refractivity contribution in [1.82, 2.24) is 0 Å². The summed E-state index contributed by atoms with van der Waals surface area (Å²) in [4.78, 5) is 12.0. The Balaban J connectivity index is 1.83. The highest BCUT2D eigenvalue weighted by molar-refractivity contribution is 5.99. The van der Waals surface area contributed by atoms with Gasteiger partial charge in [0, 0.05) is 5.92 Å². The summed E-state index contributed by atoms with van der Waals surface area (Å²) in [6, 6.07) is 9.79. The molecule has 2 aliphatic rings. The number of fused-ring (bicyclic) bond motifs is 1. The van der Waals surface area contributed by atoms with Crippen LogP contribution in [0, 0.1) is 11.8 Å². The predicted octanol–water partition coefficient (Wildman–Crippen LogP) is 3.03. The second kappa shape index (κ2) is 7.53. The van der Waals surface area contributed by atoms with Gasteiger partial charge in [0.15, 0.2) is 0 Å². The standard InChI is InChI=1S/C19H21NO5/c1-12(20-22)14-8-9-15-16(18(21)23-2)11-25-19(17(14)15)24-10-13-6-4-3-5-7-13/h3-8,11,15,17,19,22H,9-10H2,1-2H3/t15-,17-,19-/m1/s1. The van der Waals surface area contributed by atoms with Crippen LogP contribution in [-0.4, -0.2) is 30.3 Å². The summed E-state index contributed by atoms with van der Waals surface area (Å²) in [5.74, 6) is -0.753. The summed E-state index contributed by atoms with van der Waals surface area (Å²) in [6.45, 7) is 2.11. The summed E-state index contributed by atoms with van der Waals surface area (Å²) in [7, 11) is 1.35. The number of esters is 1. The lowest BCUT2D eigenvalue weighted by molar-refractivity contribution is -0.159. The molecule has 3 rings (SSSR count). The maximum Gasteiger partial charge on any atom is 0.337 e. The number of hydrogen-bond acceptors (Lipinski definition) is 6. The van der Waals surface area contributed by atoms with E-state index in [4.69, 9.17) is 19.4 Å². The van der Waals surface area contributed by atoms with Crippen molar-refractivity contribution in [2.45, 2.75) is 26.2 Å². The molecule has 0 saturated heterocycles. The van der Waals surface area contributed by atoms with E-state index in [2.05, 4.69) is 5.16 Å². The Bertz CT molecular complexity index is 723. The average molecular weight is 343 g/mol. The molecule has 0 bridgehead atoms. The first-order valence-electron chi connectivity index (χ1n) is 8.14. The van der Waals surface area contributed by atoms with Gasteiger partial charge in [-0.1, -0.05) is 41.6 Å². The molecule has 0 radical (unpaired) electrons. The second-order valence-corrected chi connectivity index (χ2v) is 6.08. The Labute approximate surface area is 146 Å². The van der Waals surface area contributed by atoms with Crippen LogP contribution in [0.15, 0.2) is 59.0 Å². The number of oxime groups is 1. The third-order valence-electron chi connectivity index (χ3n) is 4.65. The fraction of sp³-hybridized carbons (Fsp3) is 0.368. The minimum absolute atomic E-state index is 0.117. The van der Waals surface area contributed by atoms with Crippen molar-refractivity contribution in [2.24, 2.45) is 17.0 Å². The maximum absolute atomic E-state index is 12.0. The third-order valence-corrected chi connectivity index (χ3v) is 4.65. The van der Waals surface area contributed by atoms with E-state index >= 15 is 0 Å². The number of hydrogen-bond donors (Lipinski definition) is 1. The molecule has 1 heterocycles. The van der Waals surface area contributed by atoms with Crippen LogP contribution < -0.4 is 0 Å². The molecular weight excluding hydrogens is 322 g/mol. The molecule has 1 aliphatic heterocycles. The van der Waals surface area contributed by atoms with Gasteiger partial charge in [-0.15, -0.1) is 0 Å². The van der Waals surface area contributed by atoms with Crippen LogP contribution in [0.5, 0.6) is 0 Å². The molecule has 0 fully saturated rings. The van der Waals surface area contributed by atoms with E-state index in [0.29, 0.717) is 24.3 Å². The van der Waals surface area contributed by atoms with Crippen LogP contribution in [-0.2, 0) is 25.6 Å². The number of benzene rings is 1. The van der Waals surface area contributed by atoms with Crippen molar-refractivity contribution in [1.29, 1.82) is 0 Å². The Morgan fingerprint density at radius 3 is 2.76 bits per heavy atom. The molecule has 1 aliphatic carbocycles. The highest BCUT2D eigenvalue weighted by atomic mass is 16.7. The first-order chi connectivity index (χ1) is 12.2. The van der Waals surface area contributed by atoms with Crippen LogP contribution in [0.3, 0.4) is 0 Å². The minimum atomic E-state index is -0.566. The zero-order chi connectivity index (χ0) is 17.8. The molecule has 3 atom stereocenters. The van der Waals surface area contributed by atoms with E-state index in [1.165, 1.54) is 13.4 Å². The molecule has 1 aromatic rings. The topological polar surface area (TPSA) is 77.4 Å². The van der Waals surface area contributed by atoms with Gasteiger partial charge in [0.25, 0.3) is 0 Å². The summed E-state index contributed by atoms with van der Waals surface area (Å²) in [6.07, 6.45) is 3.48. The Morgan fingerprint density at radius 1 is 1.32 bits per heavy atom. The smallest absolute Gasteiger partial charge is 0.337 e. The molecule has 1 N–H and O–H groups in total. The van der Waals surface area contributed by atoms with Gasteiger partial charge in [0.2, 0.25) is 6.29 Å². The van der Waals surface area contributed by atoms with Crippen molar-refractivity contribution in [3.8, 4) is 0 Å². The molecule has 1 aromatic carbocycles. The van der Waals surface area contributed by atoms with Gasteiger partial charge in [-0.05, 0) is 24.5 Å². The van der Waals surface area contributed by atoms with Crippen LogP contribution >= 0.6 is 0 Å². The van der Waals surface area contributed by atoms with Crippen molar-refractivity contribution < 1.29 is 24.2 Å². The monoisotopic (exact) mass is 343 g/mol. The van der Waals surface area contributed by atoms with Crippen molar-refractivity contribution in [3.63, 3.8) is 0 Å². The van der Waals surface area contributed by atoms with Gasteiger partial charge in [0.1, 0.15) is 0 Å². The molecule has 0 saturated carbocycles. The van der Waals surface area contributed by atoms with Gasteiger partial charge >= 0.3 is 5.97 Å². The van der Waals surface area contributed by atoms with E-state index in [1.807, 2.05) is 36.4 Å². The van der Waals surface area contributed by atoms with E-state index in [0.717, 1.165) is 11.1 Å². The number of methoxy groups -OCH3 is 1. The largest absolute Gasteiger partial charge is 0.471 e. The van der Waals surface area contributed by atoms with Crippen LogP contribution in [0.25, 0.3) is 0 Å². The Kier molecular flexibility index (Phi) is 5.19. The lowest BCUT2D eigenvalue weighted by atomic mass is 9.82. The second-order valence-electron chi connectivity index (χ2n) is 6.08. The highest BCUT2D eigenvalue weighted by Crippen LogP contribution is 2.44. The number of nitrogens with zero attached hydrogens (tertiary/aromatic N) is 1. The lowest BCUT2D eigenvalue weighted by Gasteiger charge is -2.34. The van der Waals surface area contributed by atoms with Gasteiger partial charge in [0.05, 0.1) is 37.2 Å². The quantitative estimate of drug-likeness (QED) is 0.385. The van der Waals surface area contributed by atoms with Gasteiger partial charge in [-0.25, -0.2) is 4.79 Å². The van der Waals surface area contributed by atoms with Crippen LogP contribution in [0.1, 0.15) is 18.9 Å². The molecular formula is C19H21NO5. The fourth-order valence-electron chi connectivity index (χ4n) is 3.38. The maximum atomic E-state index is 12.0. The normalized spacial score (nSPS) is 25.5. The molecule has 0 spiro atoms. The van der Waals surface area contributed by atoms with E-state index in [9.17, 15) is 4.79 Å². The zero-order valence-electron chi connectivity index (χ0n) is 14.2. The van der Waals surface area contributed by atoms with Gasteiger partial charge in [-0.2, -0.15) is 0 Å². The number of carbonyl (C=O) groups excluding carboxylic acids is 1. The summed E-state index contributed by atoms with van der Waals surface area (Å²) < 4.78 is 16.5. The number of ether oxygens (including phenoxy) is 3. The van der Waals surface area contributed by atoms with Crippen molar-refractivity contribution >= 4 is 11.7 Å². The third kappa shape index (κ3) is 3.44. The zero-order valence-corrected chi connectivity index (χ0v) is 14.2. The number of carbonyl (C=O) groups is 1. The summed E-state index contributed by atoms with van der Waals surface area (Å²) in [5.41, 5.74) is 2.83. The molecule has 0 unspecified atom stereocenters. The van der Waals surface area contributed by atoms with E-state index < -0.39 is 12.3 Å². The molecule has 0 aromatic heterocycles. The first-order valence-corrected chi connectivity index (χ1v) is 8.14. The van der Waals surface area contributed by atoms with E-state index in [1.54, 1.807) is 6.92 Å². The van der Waals surface area contributed by atoms with Gasteiger partial charge in [-0.3, -0.25) is 0 Å². The van der Waals surface area contributed by atoms with Gasteiger partial charge < -0.3 is 19.4 Å². The fourth-order valence-corrected chi connectivity index (χ4v) is 3.38. The highest BCUT2D eigenvalue weighted by Gasteiger charge is 2.45. The number of rotatable bonds is 5. The Hall–Kier alpha value is -2.60. The SMILES string of the molecule is COC(=O)C1=CO[C@@H](OCc2ccccc2)[C@@H]2C(C(C)=NO)=CC[C@H]12. The summed E-state index contributed by atoms with van der Waals surface area (Å²) in [5, 5.41) is 12.5. The lowest BCUT2D eigenvalue weighted by Crippen LogP contribution is -2.38. The number of allylic oxidation sites excluding steroid dienone is 1. The minimum Gasteiger partial charge on any atom is -0.471 e. The average Bonchev–Trinajstić information content (AvgIpc) is 3.11. The molecule has 25 heavy (non-hydrogen) atoms. The van der Waals surface area contributed by atoms with E-state index in [-0.39, 0.29) is 11.8 Å². The first kappa shape index (κ1) is 17.2. The van der Waals surface area contributed by atoms with Crippen molar-refractivity contribution in [3.05, 3.63) is 59.4 Å². The Morgan fingerprint density at radius 2 is 2.08 bits per heavy atom. The van der Waals surface area contributed by atoms with Crippen LogP contribution in [0.2, 0.25) is 0 Å². The molecule has 6 heteroatoms. The predicted molar refractivity (Wildman–Crippen MR) is 90.8 cm³/mol.